The summed E-state index contributed by atoms with van der Waals surface area (Å²) in [5, 5.41) is 14.5. The van der Waals surface area contributed by atoms with Crippen LogP contribution in [0.4, 0.5) is 0 Å². The number of aliphatic hydroxyl groups excluding tert-OH is 1. The normalized spacial score (nSPS) is 18.3. The molecule has 134 valence electrons. The van der Waals surface area contributed by atoms with Crippen LogP contribution in [0.2, 0.25) is 0 Å². The smallest absolute Gasteiger partial charge is 0.231 e. The second-order valence-electron chi connectivity index (χ2n) is 6.73. The van der Waals surface area contributed by atoms with Crippen LogP contribution in [0, 0.1) is 6.92 Å². The summed E-state index contributed by atoms with van der Waals surface area (Å²) in [7, 11) is 0. The van der Waals surface area contributed by atoms with Crippen LogP contribution >= 0.6 is 0 Å². The molecule has 0 amide bonds. The van der Waals surface area contributed by atoms with Gasteiger partial charge < -0.3 is 19.3 Å². The Hall–Kier alpha value is -2.09. The van der Waals surface area contributed by atoms with Gasteiger partial charge in [-0.25, -0.2) is 0 Å². The lowest BCUT2D eigenvalue weighted by molar-refractivity contribution is -0.0134. The van der Waals surface area contributed by atoms with Crippen molar-refractivity contribution >= 4 is 0 Å². The van der Waals surface area contributed by atoms with Gasteiger partial charge in [-0.05, 0) is 30.2 Å². The molecule has 0 saturated carbocycles. The highest BCUT2D eigenvalue weighted by Gasteiger charge is 2.29. The molecule has 1 N–H and O–H groups in total. The molecule has 0 spiro atoms. The Morgan fingerprint density at radius 1 is 1.32 bits per heavy atom. The molecule has 7 nitrogen and oxygen atoms in total. The summed E-state index contributed by atoms with van der Waals surface area (Å²) in [4.78, 5) is 2.22. The minimum atomic E-state index is -0.491. The highest BCUT2D eigenvalue weighted by atomic mass is 16.7. The summed E-state index contributed by atoms with van der Waals surface area (Å²) in [6, 6.07) is 6.16. The van der Waals surface area contributed by atoms with Gasteiger partial charge in [0.25, 0.3) is 0 Å². The van der Waals surface area contributed by atoms with Crippen molar-refractivity contribution in [3.63, 3.8) is 0 Å². The number of aliphatic hydroxyl groups is 1. The molecule has 25 heavy (non-hydrogen) atoms. The molecule has 0 bridgehead atoms. The molecular weight excluding hydrogens is 322 g/mol. The Morgan fingerprint density at radius 3 is 2.96 bits per heavy atom. The highest BCUT2D eigenvalue weighted by molar-refractivity contribution is 5.44. The zero-order chi connectivity index (χ0) is 17.2. The van der Waals surface area contributed by atoms with Crippen molar-refractivity contribution in [2.24, 2.45) is 0 Å². The fourth-order valence-corrected chi connectivity index (χ4v) is 3.19. The standard InChI is InChI=1S/C18H23N3O4/c1-13-5-19-21(6-13)15-7-20(8-15)9-16(22)11-23-10-14-2-3-17-18(4-14)25-12-24-17/h2-6,15-16,22H,7-12H2,1H3. The lowest BCUT2D eigenvalue weighted by Crippen LogP contribution is -2.51. The predicted octanol–water partition coefficient (Wildman–Crippen LogP) is 1.35. The molecule has 2 aliphatic rings. The number of ether oxygens (including phenoxy) is 3. The van der Waals surface area contributed by atoms with E-state index < -0.39 is 6.10 Å². The Morgan fingerprint density at radius 2 is 2.16 bits per heavy atom. The molecule has 1 aromatic heterocycles. The van der Waals surface area contributed by atoms with Crippen LogP contribution in [0.5, 0.6) is 11.5 Å². The fourth-order valence-electron chi connectivity index (χ4n) is 3.19. The summed E-state index contributed by atoms with van der Waals surface area (Å²) >= 11 is 0. The Balaban J connectivity index is 1.16. The molecule has 0 radical (unpaired) electrons. The van der Waals surface area contributed by atoms with Gasteiger partial charge in [0, 0.05) is 25.8 Å². The van der Waals surface area contributed by atoms with Crippen molar-refractivity contribution < 1.29 is 19.3 Å². The van der Waals surface area contributed by atoms with E-state index in [1.54, 1.807) is 0 Å². The molecule has 4 rings (SSSR count). The van der Waals surface area contributed by atoms with E-state index in [0.717, 1.165) is 30.2 Å². The summed E-state index contributed by atoms with van der Waals surface area (Å²) in [5.74, 6) is 1.52. The number of nitrogens with zero attached hydrogens (tertiary/aromatic N) is 3. The third-order valence-corrected chi connectivity index (χ3v) is 4.53. The number of aromatic nitrogens is 2. The molecule has 2 aromatic rings. The maximum Gasteiger partial charge on any atom is 0.231 e. The lowest BCUT2D eigenvalue weighted by atomic mass is 10.1. The molecule has 3 heterocycles. The van der Waals surface area contributed by atoms with Crippen LogP contribution in [-0.4, -0.2) is 58.9 Å². The number of benzene rings is 1. The third-order valence-electron chi connectivity index (χ3n) is 4.53. The average molecular weight is 345 g/mol. The maximum atomic E-state index is 10.1. The van der Waals surface area contributed by atoms with E-state index in [0.29, 0.717) is 25.8 Å². The molecule has 1 atom stereocenters. The molecule has 2 aliphatic heterocycles. The van der Waals surface area contributed by atoms with Crippen molar-refractivity contribution in [1.29, 1.82) is 0 Å². The topological polar surface area (TPSA) is 69.0 Å². The first kappa shape index (κ1) is 16.4. The van der Waals surface area contributed by atoms with E-state index in [1.807, 2.05) is 36.0 Å². The molecule has 7 heteroatoms. The van der Waals surface area contributed by atoms with Crippen molar-refractivity contribution in [3.8, 4) is 11.5 Å². The van der Waals surface area contributed by atoms with Crippen molar-refractivity contribution in [3.05, 3.63) is 41.7 Å². The molecule has 1 saturated heterocycles. The Kier molecular flexibility index (Phi) is 4.61. The van der Waals surface area contributed by atoms with E-state index in [-0.39, 0.29) is 6.79 Å². The van der Waals surface area contributed by atoms with Crippen LogP contribution in [0.15, 0.2) is 30.6 Å². The fraction of sp³-hybridized carbons (Fsp3) is 0.500. The summed E-state index contributed by atoms with van der Waals surface area (Å²) in [6.07, 6.45) is 3.45. The molecular formula is C18H23N3O4. The number of aryl methyl sites for hydroxylation is 1. The van der Waals surface area contributed by atoms with Crippen molar-refractivity contribution in [2.75, 3.05) is 33.0 Å². The van der Waals surface area contributed by atoms with Gasteiger partial charge in [-0.1, -0.05) is 6.07 Å². The first-order valence-electron chi connectivity index (χ1n) is 8.55. The largest absolute Gasteiger partial charge is 0.454 e. The van der Waals surface area contributed by atoms with E-state index >= 15 is 0 Å². The summed E-state index contributed by atoms with van der Waals surface area (Å²) in [6.45, 7) is 5.53. The lowest BCUT2D eigenvalue weighted by Gasteiger charge is -2.40. The molecule has 0 aliphatic carbocycles. The SMILES string of the molecule is Cc1cnn(C2CN(CC(O)COCc3ccc4c(c3)OCO4)C2)c1. The van der Waals surface area contributed by atoms with E-state index in [2.05, 4.69) is 16.2 Å². The maximum absolute atomic E-state index is 10.1. The van der Waals surface area contributed by atoms with Crippen LogP contribution in [0.25, 0.3) is 0 Å². The van der Waals surface area contributed by atoms with Crippen LogP contribution in [0.1, 0.15) is 17.2 Å². The minimum absolute atomic E-state index is 0.271. The first-order valence-corrected chi connectivity index (χ1v) is 8.55. The second kappa shape index (κ2) is 7.03. The van der Waals surface area contributed by atoms with Gasteiger partial charge in [0.15, 0.2) is 11.5 Å². The first-order chi connectivity index (χ1) is 12.2. The van der Waals surface area contributed by atoms with Crippen molar-refractivity contribution in [1.82, 2.24) is 14.7 Å². The Labute approximate surface area is 146 Å². The van der Waals surface area contributed by atoms with Gasteiger partial charge in [-0.2, -0.15) is 5.10 Å². The van der Waals surface area contributed by atoms with E-state index in [9.17, 15) is 5.11 Å². The number of fused-ring (bicyclic) bond motifs is 1. The highest BCUT2D eigenvalue weighted by Crippen LogP contribution is 2.32. The minimum Gasteiger partial charge on any atom is -0.454 e. The van der Waals surface area contributed by atoms with Crippen molar-refractivity contribution in [2.45, 2.75) is 25.7 Å². The van der Waals surface area contributed by atoms with Crippen LogP contribution < -0.4 is 9.47 Å². The Bertz CT molecular complexity index is 727. The molecule has 1 aromatic carbocycles. The number of hydrogen-bond acceptors (Lipinski definition) is 6. The van der Waals surface area contributed by atoms with Gasteiger partial charge in [0.1, 0.15) is 0 Å². The quantitative estimate of drug-likeness (QED) is 0.817. The van der Waals surface area contributed by atoms with Crippen LogP contribution in [0.3, 0.4) is 0 Å². The average Bonchev–Trinajstić information content (AvgIpc) is 3.18. The van der Waals surface area contributed by atoms with Gasteiger partial charge in [-0.15, -0.1) is 0 Å². The van der Waals surface area contributed by atoms with Gasteiger partial charge in [0.2, 0.25) is 6.79 Å². The van der Waals surface area contributed by atoms with Crippen LogP contribution in [-0.2, 0) is 11.3 Å². The molecule has 1 fully saturated rings. The number of β-amino-alcohol motifs (C(OH)–C–C–N with tert-alkyl or cyclic N) is 1. The van der Waals surface area contributed by atoms with E-state index in [4.69, 9.17) is 14.2 Å². The monoisotopic (exact) mass is 345 g/mol. The zero-order valence-corrected chi connectivity index (χ0v) is 14.3. The van der Waals surface area contributed by atoms with Gasteiger partial charge in [-0.3, -0.25) is 9.58 Å². The van der Waals surface area contributed by atoms with E-state index in [1.165, 1.54) is 5.56 Å². The van der Waals surface area contributed by atoms with Gasteiger partial charge in [0.05, 0.1) is 31.6 Å². The summed E-state index contributed by atoms with van der Waals surface area (Å²) < 4.78 is 18.3. The zero-order valence-electron chi connectivity index (χ0n) is 14.3. The predicted molar refractivity (Wildman–Crippen MR) is 90.7 cm³/mol. The molecule has 1 unspecified atom stereocenters. The second-order valence-corrected chi connectivity index (χ2v) is 6.73. The number of hydrogen-bond donors (Lipinski definition) is 1. The number of rotatable bonds is 7. The summed E-state index contributed by atoms with van der Waals surface area (Å²) in [5.41, 5.74) is 2.19. The number of likely N-dealkylation sites (tertiary alicyclic amines) is 1. The van der Waals surface area contributed by atoms with Gasteiger partial charge >= 0.3 is 0 Å². The third kappa shape index (κ3) is 3.78.